The van der Waals surface area contributed by atoms with Crippen LogP contribution in [0.1, 0.15) is 41.0 Å². The summed E-state index contributed by atoms with van der Waals surface area (Å²) in [6, 6.07) is 0. The van der Waals surface area contributed by atoms with Gasteiger partial charge in [-0.2, -0.15) is 0 Å². The van der Waals surface area contributed by atoms with Crippen molar-refractivity contribution in [3.63, 3.8) is 0 Å². The van der Waals surface area contributed by atoms with Crippen molar-refractivity contribution in [2.45, 2.75) is 47.2 Å². The van der Waals surface area contributed by atoms with Crippen LogP contribution in [0.25, 0.3) is 0 Å². The highest BCUT2D eigenvalue weighted by Crippen LogP contribution is 2.27. The average molecular weight is 160 g/mol. The van der Waals surface area contributed by atoms with E-state index >= 15 is 0 Å². The minimum atomic E-state index is -0.655. The molecule has 1 unspecified atom stereocenters. The summed E-state index contributed by atoms with van der Waals surface area (Å²) < 4.78 is 13.0. The van der Waals surface area contributed by atoms with Crippen LogP contribution in [0.5, 0.6) is 0 Å². The highest BCUT2D eigenvalue weighted by atomic mass is 19.1. The van der Waals surface area contributed by atoms with Gasteiger partial charge in [-0.1, -0.05) is 34.1 Å². The Morgan fingerprint density at radius 3 is 1.64 bits per heavy atom. The summed E-state index contributed by atoms with van der Waals surface area (Å²) >= 11 is 0. The van der Waals surface area contributed by atoms with E-state index in [0.29, 0.717) is 11.8 Å². The SMILES string of the molecule is CC[C@@H](C(C)C(C)C)[C@H](C)F. The maximum absolute atomic E-state index is 13.0. The zero-order valence-electron chi connectivity index (χ0n) is 8.39. The van der Waals surface area contributed by atoms with Crippen molar-refractivity contribution in [1.29, 1.82) is 0 Å². The van der Waals surface area contributed by atoms with E-state index in [0.717, 1.165) is 6.42 Å². The number of alkyl halides is 1. The molecule has 11 heavy (non-hydrogen) atoms. The van der Waals surface area contributed by atoms with Gasteiger partial charge in [0.15, 0.2) is 0 Å². The Morgan fingerprint density at radius 2 is 1.55 bits per heavy atom. The van der Waals surface area contributed by atoms with Crippen molar-refractivity contribution < 1.29 is 4.39 Å². The third-order valence-electron chi connectivity index (χ3n) is 2.79. The van der Waals surface area contributed by atoms with Crippen molar-refractivity contribution in [2.75, 3.05) is 0 Å². The Kier molecular flexibility index (Phi) is 4.71. The lowest BCUT2D eigenvalue weighted by molar-refractivity contribution is 0.152. The minimum absolute atomic E-state index is 0.245. The topological polar surface area (TPSA) is 0 Å². The lowest BCUT2D eigenvalue weighted by Gasteiger charge is -2.26. The van der Waals surface area contributed by atoms with E-state index in [1.165, 1.54) is 0 Å². The molecule has 1 heteroatoms. The second-order valence-corrected chi connectivity index (χ2v) is 3.85. The Bertz CT molecular complexity index is 97.0. The van der Waals surface area contributed by atoms with Gasteiger partial charge in [-0.25, -0.2) is 4.39 Å². The molecule has 0 heterocycles. The van der Waals surface area contributed by atoms with Crippen LogP contribution in [-0.4, -0.2) is 6.17 Å². The first-order chi connectivity index (χ1) is 5.00. The summed E-state index contributed by atoms with van der Waals surface area (Å²) in [6.45, 7) is 10.2. The summed E-state index contributed by atoms with van der Waals surface area (Å²) in [4.78, 5) is 0. The first-order valence-electron chi connectivity index (χ1n) is 4.64. The van der Waals surface area contributed by atoms with Crippen molar-refractivity contribution in [3.8, 4) is 0 Å². The molecule has 0 aromatic carbocycles. The maximum Gasteiger partial charge on any atom is 0.100 e. The molecule has 0 radical (unpaired) electrons. The van der Waals surface area contributed by atoms with Crippen LogP contribution in [0.15, 0.2) is 0 Å². The van der Waals surface area contributed by atoms with Crippen molar-refractivity contribution >= 4 is 0 Å². The van der Waals surface area contributed by atoms with Crippen molar-refractivity contribution in [1.82, 2.24) is 0 Å². The Hall–Kier alpha value is -0.0700. The van der Waals surface area contributed by atoms with Gasteiger partial charge in [0, 0.05) is 0 Å². The number of halogens is 1. The molecule has 0 amide bonds. The van der Waals surface area contributed by atoms with Crippen molar-refractivity contribution in [3.05, 3.63) is 0 Å². The van der Waals surface area contributed by atoms with Crippen LogP contribution in [0, 0.1) is 17.8 Å². The monoisotopic (exact) mass is 160 g/mol. The van der Waals surface area contributed by atoms with Gasteiger partial charge in [0.2, 0.25) is 0 Å². The highest BCUT2D eigenvalue weighted by molar-refractivity contribution is 4.72. The molecule has 0 aromatic rings. The van der Waals surface area contributed by atoms with Crippen LogP contribution in [0.2, 0.25) is 0 Å². The number of hydrogen-bond acceptors (Lipinski definition) is 0. The molecule has 0 aromatic heterocycles. The molecule has 3 atom stereocenters. The van der Waals surface area contributed by atoms with Gasteiger partial charge in [0.1, 0.15) is 6.17 Å². The van der Waals surface area contributed by atoms with E-state index < -0.39 is 6.17 Å². The number of rotatable bonds is 4. The van der Waals surface area contributed by atoms with Crippen LogP contribution in [-0.2, 0) is 0 Å². The van der Waals surface area contributed by atoms with E-state index in [1.54, 1.807) is 6.92 Å². The molecule has 68 valence electrons. The highest BCUT2D eigenvalue weighted by Gasteiger charge is 2.23. The van der Waals surface area contributed by atoms with Crippen molar-refractivity contribution in [2.24, 2.45) is 17.8 Å². The molecule has 0 rings (SSSR count). The normalized spacial score (nSPS) is 19.9. The largest absolute Gasteiger partial charge is 0.247 e. The summed E-state index contributed by atoms with van der Waals surface area (Å²) in [5.41, 5.74) is 0. The summed E-state index contributed by atoms with van der Waals surface area (Å²) in [7, 11) is 0. The summed E-state index contributed by atoms with van der Waals surface area (Å²) in [5, 5.41) is 0. The predicted molar refractivity (Wildman–Crippen MR) is 48.4 cm³/mol. The fourth-order valence-electron chi connectivity index (χ4n) is 1.61. The molecular weight excluding hydrogens is 139 g/mol. The van der Waals surface area contributed by atoms with Gasteiger partial charge in [-0.3, -0.25) is 0 Å². The summed E-state index contributed by atoms with van der Waals surface area (Å²) in [6.07, 6.45) is 0.300. The van der Waals surface area contributed by atoms with Gasteiger partial charge in [0.05, 0.1) is 0 Å². The van der Waals surface area contributed by atoms with Gasteiger partial charge in [-0.15, -0.1) is 0 Å². The molecular formula is C10H21F. The maximum atomic E-state index is 13.0. The molecule has 0 aliphatic rings. The van der Waals surface area contributed by atoms with E-state index in [2.05, 4.69) is 27.7 Å². The lowest BCUT2D eigenvalue weighted by atomic mass is 9.81. The van der Waals surface area contributed by atoms with E-state index in [-0.39, 0.29) is 5.92 Å². The van der Waals surface area contributed by atoms with E-state index in [9.17, 15) is 4.39 Å². The van der Waals surface area contributed by atoms with Gasteiger partial charge < -0.3 is 0 Å². The second kappa shape index (κ2) is 4.74. The molecule has 0 aliphatic heterocycles. The summed E-state index contributed by atoms with van der Waals surface area (Å²) in [5.74, 6) is 1.34. The second-order valence-electron chi connectivity index (χ2n) is 3.85. The molecule has 0 nitrogen and oxygen atoms in total. The first kappa shape index (κ1) is 10.9. The van der Waals surface area contributed by atoms with Gasteiger partial charge in [0.25, 0.3) is 0 Å². The van der Waals surface area contributed by atoms with Crippen LogP contribution >= 0.6 is 0 Å². The fraction of sp³-hybridized carbons (Fsp3) is 1.00. The zero-order chi connectivity index (χ0) is 9.02. The van der Waals surface area contributed by atoms with Crippen LogP contribution in [0.4, 0.5) is 4.39 Å². The molecule has 0 bridgehead atoms. The minimum Gasteiger partial charge on any atom is -0.247 e. The Labute approximate surface area is 70.2 Å². The zero-order valence-corrected chi connectivity index (χ0v) is 8.39. The van der Waals surface area contributed by atoms with Crippen LogP contribution < -0.4 is 0 Å². The predicted octanol–water partition coefficient (Wildman–Crippen LogP) is 3.66. The molecule has 0 spiro atoms. The Balaban J connectivity index is 4.02. The molecule has 0 aliphatic carbocycles. The third-order valence-corrected chi connectivity index (χ3v) is 2.79. The smallest absolute Gasteiger partial charge is 0.100 e. The first-order valence-corrected chi connectivity index (χ1v) is 4.64. The van der Waals surface area contributed by atoms with E-state index in [4.69, 9.17) is 0 Å². The van der Waals surface area contributed by atoms with Gasteiger partial charge >= 0.3 is 0 Å². The fourth-order valence-corrected chi connectivity index (χ4v) is 1.61. The lowest BCUT2D eigenvalue weighted by Crippen LogP contribution is -2.23. The molecule has 0 N–H and O–H groups in total. The molecule has 0 saturated carbocycles. The standard InChI is InChI=1S/C10H21F/c1-6-10(9(5)11)8(4)7(2)3/h7-10H,6H2,1-5H3/t8?,9-,10-/m0/s1. The quantitative estimate of drug-likeness (QED) is 0.588. The average Bonchev–Trinajstić information content (AvgIpc) is 1.88. The van der Waals surface area contributed by atoms with E-state index in [1.807, 2.05) is 0 Å². The van der Waals surface area contributed by atoms with Crippen LogP contribution in [0.3, 0.4) is 0 Å². The third kappa shape index (κ3) is 3.22. The Morgan fingerprint density at radius 1 is 1.09 bits per heavy atom. The number of hydrogen-bond donors (Lipinski definition) is 0. The van der Waals surface area contributed by atoms with Gasteiger partial charge in [-0.05, 0) is 24.7 Å². The molecule has 0 fully saturated rings. The molecule has 0 saturated heterocycles.